The molecular weight excluding hydrogens is 420 g/mol. The number of hydrogen-bond acceptors (Lipinski definition) is 6. The van der Waals surface area contributed by atoms with Gasteiger partial charge in [-0.15, -0.1) is 0 Å². The molecule has 0 aliphatic heterocycles. The summed E-state index contributed by atoms with van der Waals surface area (Å²) in [6.45, 7) is 4.12. The van der Waals surface area contributed by atoms with E-state index < -0.39 is 30.8 Å². The molecule has 0 aromatic carbocycles. The molecule has 2 atom stereocenters. The molecule has 0 rings (SSSR count). The lowest BCUT2D eigenvalue weighted by Gasteiger charge is -2.17. The SMILES string of the molecule is CCCCCCCCCCCCCCC(OCCCCCCCC)C(=O)OC(=O)C(O)CO. The van der Waals surface area contributed by atoms with E-state index >= 15 is 0 Å². The predicted octanol–water partition coefficient (Wildman–Crippen LogP) is 6.25. The van der Waals surface area contributed by atoms with Crippen LogP contribution in [-0.2, 0) is 19.1 Å². The number of rotatable bonds is 24. The van der Waals surface area contributed by atoms with Crippen LogP contribution in [0.1, 0.15) is 136 Å². The maximum absolute atomic E-state index is 12.4. The zero-order valence-corrected chi connectivity index (χ0v) is 21.5. The van der Waals surface area contributed by atoms with Crippen LogP contribution in [0, 0.1) is 0 Å². The van der Waals surface area contributed by atoms with Crippen molar-refractivity contribution in [3.05, 3.63) is 0 Å². The minimum Gasteiger partial charge on any atom is -0.393 e. The molecular formula is C27H52O6. The monoisotopic (exact) mass is 472 g/mol. The number of carbonyl (C=O) groups is 2. The molecule has 0 saturated heterocycles. The van der Waals surface area contributed by atoms with E-state index in [4.69, 9.17) is 14.6 Å². The zero-order chi connectivity index (χ0) is 24.6. The summed E-state index contributed by atoms with van der Waals surface area (Å²) in [4.78, 5) is 24.0. The summed E-state index contributed by atoms with van der Waals surface area (Å²) in [6, 6.07) is 0. The van der Waals surface area contributed by atoms with Crippen molar-refractivity contribution in [2.24, 2.45) is 0 Å². The molecule has 0 spiro atoms. The quantitative estimate of drug-likeness (QED) is 0.0980. The molecule has 2 unspecified atom stereocenters. The average Bonchev–Trinajstić information content (AvgIpc) is 2.82. The smallest absolute Gasteiger partial charge is 0.345 e. The second-order valence-electron chi connectivity index (χ2n) is 9.24. The highest BCUT2D eigenvalue weighted by Gasteiger charge is 2.26. The van der Waals surface area contributed by atoms with Gasteiger partial charge in [-0.25, -0.2) is 9.59 Å². The largest absolute Gasteiger partial charge is 0.393 e. The Bertz CT molecular complexity index is 454. The highest BCUT2D eigenvalue weighted by molar-refractivity contribution is 5.89. The van der Waals surface area contributed by atoms with Crippen molar-refractivity contribution in [1.29, 1.82) is 0 Å². The third-order valence-electron chi connectivity index (χ3n) is 6.05. The molecule has 33 heavy (non-hydrogen) atoms. The molecule has 0 fully saturated rings. The lowest BCUT2D eigenvalue weighted by Crippen LogP contribution is -2.34. The van der Waals surface area contributed by atoms with Gasteiger partial charge in [-0.3, -0.25) is 0 Å². The minimum absolute atomic E-state index is 0.459. The molecule has 196 valence electrons. The van der Waals surface area contributed by atoms with Gasteiger partial charge in [0.1, 0.15) is 0 Å². The van der Waals surface area contributed by atoms with E-state index in [-0.39, 0.29) is 0 Å². The van der Waals surface area contributed by atoms with Crippen LogP contribution in [0.5, 0.6) is 0 Å². The third kappa shape index (κ3) is 20.1. The van der Waals surface area contributed by atoms with Gasteiger partial charge in [0.2, 0.25) is 0 Å². The Balaban J connectivity index is 4.09. The lowest BCUT2D eigenvalue weighted by atomic mass is 10.0. The van der Waals surface area contributed by atoms with Crippen LogP contribution in [0.4, 0.5) is 0 Å². The van der Waals surface area contributed by atoms with E-state index in [1.165, 1.54) is 77.0 Å². The van der Waals surface area contributed by atoms with Gasteiger partial charge in [0.25, 0.3) is 0 Å². The second kappa shape index (κ2) is 24.2. The number of unbranched alkanes of at least 4 members (excludes halogenated alkanes) is 16. The minimum atomic E-state index is -1.69. The van der Waals surface area contributed by atoms with Gasteiger partial charge in [0.15, 0.2) is 12.2 Å². The second-order valence-corrected chi connectivity index (χ2v) is 9.24. The Labute approximate surface area is 202 Å². The molecule has 2 N–H and O–H groups in total. The molecule has 6 nitrogen and oxygen atoms in total. The van der Waals surface area contributed by atoms with Gasteiger partial charge in [-0.2, -0.15) is 0 Å². The topological polar surface area (TPSA) is 93.1 Å². The number of aliphatic hydroxyl groups is 2. The van der Waals surface area contributed by atoms with Gasteiger partial charge in [-0.1, -0.05) is 123 Å². The average molecular weight is 473 g/mol. The molecule has 0 saturated carbocycles. The van der Waals surface area contributed by atoms with E-state index in [1.54, 1.807) is 0 Å². The Hall–Kier alpha value is -0.980. The van der Waals surface area contributed by atoms with Crippen molar-refractivity contribution in [3.63, 3.8) is 0 Å². The summed E-state index contributed by atoms with van der Waals surface area (Å²) in [6.07, 6.45) is 19.6. The van der Waals surface area contributed by atoms with Gasteiger partial charge >= 0.3 is 11.9 Å². The molecule has 0 aliphatic rings. The normalized spacial score (nSPS) is 13.1. The fourth-order valence-electron chi connectivity index (χ4n) is 3.86. The van der Waals surface area contributed by atoms with E-state index in [2.05, 4.69) is 13.8 Å². The number of aliphatic hydroxyl groups excluding tert-OH is 2. The number of carbonyl (C=O) groups excluding carboxylic acids is 2. The maximum atomic E-state index is 12.4. The first kappa shape index (κ1) is 32.0. The van der Waals surface area contributed by atoms with Crippen molar-refractivity contribution in [3.8, 4) is 0 Å². The van der Waals surface area contributed by atoms with Crippen LogP contribution >= 0.6 is 0 Å². The first-order chi connectivity index (χ1) is 16.1. The van der Waals surface area contributed by atoms with Crippen molar-refractivity contribution in [2.45, 2.75) is 148 Å². The molecule has 0 amide bonds. The third-order valence-corrected chi connectivity index (χ3v) is 6.05. The van der Waals surface area contributed by atoms with E-state index in [9.17, 15) is 14.7 Å². The number of ether oxygens (including phenoxy) is 2. The zero-order valence-electron chi connectivity index (χ0n) is 21.5. The number of esters is 2. The van der Waals surface area contributed by atoms with Gasteiger partial charge < -0.3 is 19.7 Å². The number of hydrogen-bond donors (Lipinski definition) is 2. The van der Waals surface area contributed by atoms with Crippen molar-refractivity contribution in [1.82, 2.24) is 0 Å². The standard InChI is InChI=1S/C27H52O6/c1-3-5-7-9-11-12-13-14-15-16-17-19-21-25(27(31)33-26(30)24(29)23-28)32-22-20-18-10-8-6-4-2/h24-25,28-29H,3-23H2,1-2H3. The Morgan fingerprint density at radius 3 is 1.52 bits per heavy atom. The van der Waals surface area contributed by atoms with Gasteiger partial charge in [0, 0.05) is 6.61 Å². The van der Waals surface area contributed by atoms with Crippen LogP contribution in [-0.4, -0.2) is 47.6 Å². The molecule has 0 aliphatic carbocycles. The van der Waals surface area contributed by atoms with Crippen molar-refractivity contribution < 1.29 is 29.3 Å². The maximum Gasteiger partial charge on any atom is 0.345 e. The van der Waals surface area contributed by atoms with Crippen LogP contribution in [0.3, 0.4) is 0 Å². The summed E-state index contributed by atoms with van der Waals surface area (Å²) >= 11 is 0. The van der Waals surface area contributed by atoms with Gasteiger partial charge in [-0.05, 0) is 12.8 Å². The Kier molecular flexibility index (Phi) is 23.4. The van der Waals surface area contributed by atoms with E-state index in [1.807, 2.05) is 0 Å². The summed E-state index contributed by atoms with van der Waals surface area (Å²) in [5, 5.41) is 18.2. The molecule has 0 radical (unpaired) electrons. The molecule has 0 aromatic heterocycles. The van der Waals surface area contributed by atoms with E-state index in [0.717, 1.165) is 38.5 Å². The first-order valence-corrected chi connectivity index (χ1v) is 13.7. The van der Waals surface area contributed by atoms with E-state index in [0.29, 0.717) is 13.0 Å². The van der Waals surface area contributed by atoms with Crippen molar-refractivity contribution >= 4 is 11.9 Å². The summed E-state index contributed by atoms with van der Waals surface area (Å²) in [5.41, 5.74) is 0. The van der Waals surface area contributed by atoms with Crippen LogP contribution in [0.25, 0.3) is 0 Å². The Morgan fingerprint density at radius 1 is 0.636 bits per heavy atom. The Morgan fingerprint density at radius 2 is 1.06 bits per heavy atom. The van der Waals surface area contributed by atoms with Crippen LogP contribution in [0.2, 0.25) is 0 Å². The fourth-order valence-corrected chi connectivity index (χ4v) is 3.86. The van der Waals surface area contributed by atoms with Crippen molar-refractivity contribution in [2.75, 3.05) is 13.2 Å². The highest BCUT2D eigenvalue weighted by Crippen LogP contribution is 2.15. The lowest BCUT2D eigenvalue weighted by molar-refractivity contribution is -0.174. The molecule has 0 aromatic rings. The summed E-state index contributed by atoms with van der Waals surface area (Å²) in [7, 11) is 0. The fraction of sp³-hybridized carbons (Fsp3) is 0.926. The summed E-state index contributed by atoms with van der Waals surface area (Å²) in [5.74, 6) is -1.88. The molecule has 6 heteroatoms. The van der Waals surface area contributed by atoms with Crippen LogP contribution < -0.4 is 0 Å². The van der Waals surface area contributed by atoms with Gasteiger partial charge in [0.05, 0.1) is 6.61 Å². The molecule has 0 bridgehead atoms. The summed E-state index contributed by atoms with van der Waals surface area (Å²) < 4.78 is 10.5. The predicted molar refractivity (Wildman–Crippen MR) is 133 cm³/mol. The molecule has 0 heterocycles. The first-order valence-electron chi connectivity index (χ1n) is 13.7. The highest BCUT2D eigenvalue weighted by atomic mass is 16.6. The van der Waals surface area contributed by atoms with Crippen LogP contribution in [0.15, 0.2) is 0 Å².